The molecule has 6 heteroatoms. The van der Waals surface area contributed by atoms with Crippen LogP contribution in [0.3, 0.4) is 0 Å². The smallest absolute Gasteiger partial charge is 0.244 e. The van der Waals surface area contributed by atoms with E-state index in [-0.39, 0.29) is 9.92 Å². The number of hydrogen-bond acceptors (Lipinski definition) is 3. The van der Waals surface area contributed by atoms with Crippen LogP contribution in [-0.4, -0.2) is 25.8 Å². The molecule has 1 fully saturated rings. The lowest BCUT2D eigenvalue weighted by atomic mass is 10.2. The number of nitrogen functional groups attached to an aromatic ring is 1. The van der Waals surface area contributed by atoms with Gasteiger partial charge in [0.25, 0.3) is 0 Å². The van der Waals surface area contributed by atoms with Crippen LogP contribution in [0.1, 0.15) is 25.3 Å². The summed E-state index contributed by atoms with van der Waals surface area (Å²) in [5, 5.41) is 0.237. The van der Waals surface area contributed by atoms with E-state index in [4.69, 9.17) is 17.3 Å². The van der Waals surface area contributed by atoms with Gasteiger partial charge in [-0.05, 0) is 43.4 Å². The van der Waals surface area contributed by atoms with E-state index in [0.29, 0.717) is 24.7 Å². The third kappa shape index (κ3) is 3.04. The molecule has 19 heavy (non-hydrogen) atoms. The minimum Gasteiger partial charge on any atom is -0.398 e. The van der Waals surface area contributed by atoms with Crippen molar-refractivity contribution in [1.82, 2.24) is 4.31 Å². The first-order valence-corrected chi connectivity index (χ1v) is 8.23. The van der Waals surface area contributed by atoms with Crippen LogP contribution >= 0.6 is 11.6 Å². The molecular weight excluding hydrogens is 284 g/mol. The van der Waals surface area contributed by atoms with Gasteiger partial charge in [-0.25, -0.2) is 8.42 Å². The topological polar surface area (TPSA) is 63.4 Å². The summed E-state index contributed by atoms with van der Waals surface area (Å²) in [4.78, 5) is 0.111. The van der Waals surface area contributed by atoms with Gasteiger partial charge in [-0.1, -0.05) is 18.5 Å². The van der Waals surface area contributed by atoms with Gasteiger partial charge in [0.1, 0.15) is 4.90 Å². The van der Waals surface area contributed by atoms with E-state index in [2.05, 4.69) is 0 Å². The summed E-state index contributed by atoms with van der Waals surface area (Å²) in [6, 6.07) is 3.07. The monoisotopic (exact) mass is 302 g/mol. The molecule has 1 aliphatic carbocycles. The van der Waals surface area contributed by atoms with Gasteiger partial charge in [0.15, 0.2) is 0 Å². The number of sulfonamides is 1. The van der Waals surface area contributed by atoms with Crippen LogP contribution in [-0.2, 0) is 10.0 Å². The van der Waals surface area contributed by atoms with E-state index >= 15 is 0 Å². The normalized spacial score (nSPS) is 16.0. The average molecular weight is 303 g/mol. The van der Waals surface area contributed by atoms with Crippen molar-refractivity contribution in [3.63, 3.8) is 0 Å². The molecule has 1 aromatic carbocycles. The SMILES string of the molecule is CCN(CC1CC1)S(=O)(=O)c1cc(N)c(C)cc1Cl. The zero-order chi connectivity index (χ0) is 14.2. The molecule has 0 amide bonds. The highest BCUT2D eigenvalue weighted by Gasteiger charge is 2.32. The summed E-state index contributed by atoms with van der Waals surface area (Å²) in [6.07, 6.45) is 2.21. The van der Waals surface area contributed by atoms with Gasteiger partial charge < -0.3 is 5.73 Å². The quantitative estimate of drug-likeness (QED) is 0.851. The Morgan fingerprint density at radius 2 is 2.05 bits per heavy atom. The van der Waals surface area contributed by atoms with Gasteiger partial charge in [-0.3, -0.25) is 0 Å². The Hall–Kier alpha value is -0.780. The molecule has 0 aromatic heterocycles. The van der Waals surface area contributed by atoms with Crippen molar-refractivity contribution < 1.29 is 8.42 Å². The number of benzene rings is 1. The summed E-state index contributed by atoms with van der Waals surface area (Å²) >= 11 is 6.08. The Balaban J connectivity index is 2.39. The summed E-state index contributed by atoms with van der Waals surface area (Å²) in [6.45, 7) is 4.66. The Labute approximate surface area is 119 Å². The second-order valence-corrected chi connectivity index (χ2v) is 7.35. The van der Waals surface area contributed by atoms with Crippen LogP contribution in [0.4, 0.5) is 5.69 Å². The lowest BCUT2D eigenvalue weighted by Crippen LogP contribution is -2.33. The minimum atomic E-state index is -3.55. The first-order chi connectivity index (χ1) is 8.86. The lowest BCUT2D eigenvalue weighted by Gasteiger charge is -2.21. The Morgan fingerprint density at radius 1 is 1.42 bits per heavy atom. The maximum Gasteiger partial charge on any atom is 0.244 e. The lowest BCUT2D eigenvalue weighted by molar-refractivity contribution is 0.412. The number of nitrogens with zero attached hydrogens (tertiary/aromatic N) is 1. The second kappa shape index (κ2) is 5.31. The predicted molar refractivity (Wildman–Crippen MR) is 77.8 cm³/mol. The molecule has 0 radical (unpaired) electrons. The van der Waals surface area contributed by atoms with Crippen molar-refractivity contribution in [3.8, 4) is 0 Å². The van der Waals surface area contributed by atoms with Gasteiger partial charge in [0, 0.05) is 18.8 Å². The number of aryl methyl sites for hydroxylation is 1. The van der Waals surface area contributed by atoms with Crippen molar-refractivity contribution in [2.24, 2.45) is 5.92 Å². The number of rotatable bonds is 5. The fraction of sp³-hybridized carbons (Fsp3) is 0.538. The highest BCUT2D eigenvalue weighted by molar-refractivity contribution is 7.89. The Bertz CT molecular complexity index is 583. The zero-order valence-electron chi connectivity index (χ0n) is 11.2. The molecule has 0 bridgehead atoms. The van der Waals surface area contributed by atoms with E-state index in [1.807, 2.05) is 6.92 Å². The summed E-state index contributed by atoms with van der Waals surface area (Å²) in [5.74, 6) is 0.497. The zero-order valence-corrected chi connectivity index (χ0v) is 12.8. The first kappa shape index (κ1) is 14.6. The van der Waals surface area contributed by atoms with E-state index in [0.717, 1.165) is 18.4 Å². The molecule has 4 nitrogen and oxygen atoms in total. The van der Waals surface area contributed by atoms with Crippen LogP contribution in [0.2, 0.25) is 5.02 Å². The molecule has 2 N–H and O–H groups in total. The summed E-state index contributed by atoms with van der Waals surface area (Å²) in [5.41, 5.74) is 7.04. The van der Waals surface area contributed by atoms with Crippen molar-refractivity contribution in [1.29, 1.82) is 0 Å². The van der Waals surface area contributed by atoms with Gasteiger partial charge in [0.05, 0.1) is 5.02 Å². The fourth-order valence-electron chi connectivity index (χ4n) is 1.99. The molecule has 0 spiro atoms. The highest BCUT2D eigenvalue weighted by atomic mass is 35.5. The van der Waals surface area contributed by atoms with E-state index in [1.165, 1.54) is 10.4 Å². The number of nitrogens with two attached hydrogens (primary N) is 1. The first-order valence-electron chi connectivity index (χ1n) is 6.42. The van der Waals surface area contributed by atoms with Gasteiger partial charge >= 0.3 is 0 Å². The fourth-order valence-corrected chi connectivity index (χ4v) is 4.11. The third-order valence-electron chi connectivity index (χ3n) is 3.45. The molecule has 1 aliphatic rings. The molecule has 0 heterocycles. The highest BCUT2D eigenvalue weighted by Crippen LogP contribution is 2.34. The molecular formula is C13H19ClN2O2S. The molecule has 1 aromatic rings. The molecule has 0 aliphatic heterocycles. The van der Waals surface area contributed by atoms with Crippen molar-refractivity contribution in [2.75, 3.05) is 18.8 Å². The van der Waals surface area contributed by atoms with Crippen LogP contribution in [0.5, 0.6) is 0 Å². The Kier molecular flexibility index (Phi) is 4.08. The molecule has 0 unspecified atom stereocenters. The summed E-state index contributed by atoms with van der Waals surface area (Å²) in [7, 11) is -3.55. The minimum absolute atomic E-state index is 0.111. The second-order valence-electron chi connectivity index (χ2n) is 5.04. The number of anilines is 1. The molecule has 0 atom stereocenters. The molecule has 106 valence electrons. The standard InChI is InChI=1S/C13H19ClN2O2S/c1-3-16(8-10-4-5-10)19(17,18)13-7-12(15)9(2)6-11(13)14/h6-7,10H,3-5,8,15H2,1-2H3. The predicted octanol–water partition coefficient (Wildman–Crippen LogP) is 2.65. The Morgan fingerprint density at radius 3 is 2.58 bits per heavy atom. The van der Waals surface area contributed by atoms with E-state index in [1.54, 1.807) is 13.0 Å². The largest absolute Gasteiger partial charge is 0.398 e. The molecule has 1 saturated carbocycles. The maximum atomic E-state index is 12.6. The average Bonchev–Trinajstić information content (AvgIpc) is 3.14. The van der Waals surface area contributed by atoms with Crippen molar-refractivity contribution in [3.05, 3.63) is 22.7 Å². The third-order valence-corrected chi connectivity index (χ3v) is 5.86. The van der Waals surface area contributed by atoms with Gasteiger partial charge in [-0.2, -0.15) is 4.31 Å². The number of hydrogen-bond donors (Lipinski definition) is 1. The van der Waals surface area contributed by atoms with E-state index < -0.39 is 10.0 Å². The van der Waals surface area contributed by atoms with Gasteiger partial charge in [0.2, 0.25) is 10.0 Å². The molecule has 2 rings (SSSR count). The number of halogens is 1. The van der Waals surface area contributed by atoms with Crippen LogP contribution in [0.15, 0.2) is 17.0 Å². The van der Waals surface area contributed by atoms with E-state index in [9.17, 15) is 8.42 Å². The van der Waals surface area contributed by atoms with Crippen LogP contribution in [0, 0.1) is 12.8 Å². The van der Waals surface area contributed by atoms with Crippen LogP contribution in [0.25, 0.3) is 0 Å². The van der Waals surface area contributed by atoms with Crippen molar-refractivity contribution >= 4 is 27.3 Å². The van der Waals surface area contributed by atoms with Crippen molar-refractivity contribution in [2.45, 2.75) is 31.6 Å². The molecule has 0 saturated heterocycles. The van der Waals surface area contributed by atoms with Crippen LogP contribution < -0.4 is 5.73 Å². The van der Waals surface area contributed by atoms with Gasteiger partial charge in [-0.15, -0.1) is 0 Å². The maximum absolute atomic E-state index is 12.6. The summed E-state index contributed by atoms with van der Waals surface area (Å²) < 4.78 is 26.7.